The van der Waals surface area contributed by atoms with Crippen molar-refractivity contribution in [3.8, 4) is 0 Å². The Hall–Kier alpha value is -1.10. The van der Waals surface area contributed by atoms with Crippen LogP contribution in [-0.2, 0) is 9.59 Å². The highest BCUT2D eigenvalue weighted by molar-refractivity contribution is 5.87. The van der Waals surface area contributed by atoms with Crippen LogP contribution in [0.25, 0.3) is 0 Å². The van der Waals surface area contributed by atoms with Gasteiger partial charge >= 0.3 is 5.97 Å². The standard InChI is InChI=1S/C12H24N2O3/c1-7(2)6-8(11(16)17)14-10(15)9(13)12(3,4)5/h7-9H,6,13H2,1-5H3,(H,14,15)(H,16,17)/t8-,9-/m0/s1. The van der Waals surface area contributed by atoms with Gasteiger partial charge in [0, 0.05) is 0 Å². The maximum atomic E-state index is 11.8. The average molecular weight is 244 g/mol. The van der Waals surface area contributed by atoms with Crippen LogP contribution in [0.4, 0.5) is 0 Å². The Morgan fingerprint density at radius 3 is 2.06 bits per heavy atom. The summed E-state index contributed by atoms with van der Waals surface area (Å²) in [4.78, 5) is 22.8. The van der Waals surface area contributed by atoms with Gasteiger partial charge in [-0.2, -0.15) is 0 Å². The number of hydrogen-bond donors (Lipinski definition) is 3. The molecule has 0 unspecified atom stereocenters. The number of amides is 1. The zero-order chi connectivity index (χ0) is 13.8. The van der Waals surface area contributed by atoms with Gasteiger partial charge in [0.05, 0.1) is 6.04 Å². The van der Waals surface area contributed by atoms with Gasteiger partial charge in [0.2, 0.25) is 5.91 Å². The fourth-order valence-corrected chi connectivity index (χ4v) is 1.35. The van der Waals surface area contributed by atoms with Gasteiger partial charge in [-0.25, -0.2) is 4.79 Å². The molecule has 0 aliphatic heterocycles. The molecule has 5 heteroatoms. The van der Waals surface area contributed by atoms with Crippen molar-refractivity contribution in [2.45, 2.75) is 53.1 Å². The molecular formula is C12H24N2O3. The Labute approximate surface area is 103 Å². The lowest BCUT2D eigenvalue weighted by molar-refractivity contribution is -0.142. The molecule has 17 heavy (non-hydrogen) atoms. The highest BCUT2D eigenvalue weighted by Crippen LogP contribution is 2.17. The maximum Gasteiger partial charge on any atom is 0.326 e. The second kappa shape index (κ2) is 6.00. The number of aliphatic carboxylic acids is 1. The van der Waals surface area contributed by atoms with Crippen LogP contribution in [0, 0.1) is 11.3 Å². The van der Waals surface area contributed by atoms with Crippen LogP contribution in [0.2, 0.25) is 0 Å². The van der Waals surface area contributed by atoms with Crippen molar-refractivity contribution in [1.82, 2.24) is 5.32 Å². The molecule has 0 fully saturated rings. The first-order chi connectivity index (χ1) is 7.55. The van der Waals surface area contributed by atoms with Crippen molar-refractivity contribution >= 4 is 11.9 Å². The van der Waals surface area contributed by atoms with Crippen molar-refractivity contribution in [3.05, 3.63) is 0 Å². The molecule has 4 N–H and O–H groups in total. The lowest BCUT2D eigenvalue weighted by Gasteiger charge is -2.27. The average Bonchev–Trinajstić information content (AvgIpc) is 2.13. The van der Waals surface area contributed by atoms with Gasteiger partial charge in [-0.1, -0.05) is 34.6 Å². The van der Waals surface area contributed by atoms with Crippen molar-refractivity contribution in [3.63, 3.8) is 0 Å². The molecule has 100 valence electrons. The normalized spacial score (nSPS) is 15.5. The minimum Gasteiger partial charge on any atom is -0.480 e. The largest absolute Gasteiger partial charge is 0.480 e. The van der Waals surface area contributed by atoms with E-state index in [4.69, 9.17) is 10.8 Å². The van der Waals surface area contributed by atoms with E-state index in [2.05, 4.69) is 5.32 Å². The number of nitrogens with two attached hydrogens (primary N) is 1. The van der Waals surface area contributed by atoms with E-state index in [-0.39, 0.29) is 11.3 Å². The SMILES string of the molecule is CC(C)C[C@H](NC(=O)[C@H](N)C(C)(C)C)C(=O)O. The highest BCUT2D eigenvalue weighted by Gasteiger charge is 2.30. The number of carbonyl (C=O) groups excluding carboxylic acids is 1. The third-order valence-corrected chi connectivity index (χ3v) is 2.54. The Morgan fingerprint density at radius 1 is 1.29 bits per heavy atom. The molecule has 0 aromatic heterocycles. The number of hydrogen-bond acceptors (Lipinski definition) is 3. The number of carbonyl (C=O) groups is 2. The first-order valence-electron chi connectivity index (χ1n) is 5.84. The highest BCUT2D eigenvalue weighted by atomic mass is 16.4. The zero-order valence-electron chi connectivity index (χ0n) is 11.3. The molecule has 0 aliphatic rings. The van der Waals surface area contributed by atoms with Crippen molar-refractivity contribution in [1.29, 1.82) is 0 Å². The molecule has 0 aromatic carbocycles. The smallest absolute Gasteiger partial charge is 0.326 e. The summed E-state index contributed by atoms with van der Waals surface area (Å²) < 4.78 is 0. The minimum atomic E-state index is -1.02. The summed E-state index contributed by atoms with van der Waals surface area (Å²) in [6.07, 6.45) is 0.401. The zero-order valence-corrected chi connectivity index (χ0v) is 11.3. The Bertz CT molecular complexity index is 282. The van der Waals surface area contributed by atoms with E-state index in [0.29, 0.717) is 6.42 Å². The fraction of sp³-hybridized carbons (Fsp3) is 0.833. The predicted molar refractivity (Wildman–Crippen MR) is 66.5 cm³/mol. The Balaban J connectivity index is 4.57. The van der Waals surface area contributed by atoms with Crippen LogP contribution >= 0.6 is 0 Å². The summed E-state index contributed by atoms with van der Waals surface area (Å²) in [5, 5.41) is 11.5. The van der Waals surface area contributed by atoms with Gasteiger partial charge in [0.15, 0.2) is 0 Å². The first-order valence-corrected chi connectivity index (χ1v) is 5.84. The van der Waals surface area contributed by atoms with Crippen molar-refractivity contribution in [2.75, 3.05) is 0 Å². The van der Waals surface area contributed by atoms with Crippen LogP contribution in [0.3, 0.4) is 0 Å². The number of rotatable bonds is 5. The van der Waals surface area contributed by atoms with Gasteiger partial charge < -0.3 is 16.2 Å². The van der Waals surface area contributed by atoms with Gasteiger partial charge in [-0.05, 0) is 17.8 Å². The molecule has 5 nitrogen and oxygen atoms in total. The van der Waals surface area contributed by atoms with E-state index in [1.54, 1.807) is 0 Å². The van der Waals surface area contributed by atoms with E-state index in [0.717, 1.165) is 0 Å². The van der Waals surface area contributed by atoms with E-state index in [1.165, 1.54) is 0 Å². The van der Waals surface area contributed by atoms with Crippen LogP contribution in [0.1, 0.15) is 41.0 Å². The molecular weight excluding hydrogens is 220 g/mol. The molecule has 0 spiro atoms. The maximum absolute atomic E-state index is 11.8. The molecule has 0 heterocycles. The van der Waals surface area contributed by atoms with Crippen molar-refractivity contribution < 1.29 is 14.7 Å². The number of nitrogens with one attached hydrogen (secondary N) is 1. The van der Waals surface area contributed by atoms with Crippen LogP contribution in [0.15, 0.2) is 0 Å². The first kappa shape index (κ1) is 15.9. The molecule has 0 aromatic rings. The summed E-state index contributed by atoms with van der Waals surface area (Å²) in [5.41, 5.74) is 5.38. The third-order valence-electron chi connectivity index (χ3n) is 2.54. The summed E-state index contributed by atoms with van der Waals surface area (Å²) in [7, 11) is 0. The number of carboxylic acid groups (broad SMARTS) is 1. The third kappa shape index (κ3) is 5.68. The lowest BCUT2D eigenvalue weighted by Crippen LogP contribution is -2.53. The molecule has 0 saturated heterocycles. The summed E-state index contributed by atoms with van der Waals surface area (Å²) in [6.45, 7) is 9.35. The van der Waals surface area contributed by atoms with Crippen LogP contribution in [0.5, 0.6) is 0 Å². The quantitative estimate of drug-likeness (QED) is 0.672. The number of carboxylic acids is 1. The molecule has 0 aliphatic carbocycles. The summed E-state index contributed by atoms with van der Waals surface area (Å²) in [6, 6.07) is -1.58. The molecule has 0 rings (SSSR count). The summed E-state index contributed by atoms with van der Waals surface area (Å²) >= 11 is 0. The molecule has 2 atom stereocenters. The predicted octanol–water partition coefficient (Wildman–Crippen LogP) is 0.975. The monoisotopic (exact) mass is 244 g/mol. The summed E-state index contributed by atoms with van der Waals surface area (Å²) in [5.74, 6) is -1.24. The molecule has 0 saturated carbocycles. The van der Waals surface area contributed by atoms with E-state index >= 15 is 0 Å². The lowest BCUT2D eigenvalue weighted by atomic mass is 9.86. The van der Waals surface area contributed by atoms with Crippen LogP contribution < -0.4 is 11.1 Å². The van der Waals surface area contributed by atoms with Gasteiger partial charge in [0.25, 0.3) is 0 Å². The van der Waals surface area contributed by atoms with Gasteiger partial charge in [-0.15, -0.1) is 0 Å². The molecule has 1 amide bonds. The Morgan fingerprint density at radius 2 is 1.76 bits per heavy atom. The second-order valence-corrected chi connectivity index (χ2v) is 5.87. The Kier molecular flexibility index (Phi) is 5.61. The second-order valence-electron chi connectivity index (χ2n) is 5.87. The van der Waals surface area contributed by atoms with Gasteiger partial charge in [-0.3, -0.25) is 4.79 Å². The van der Waals surface area contributed by atoms with E-state index in [1.807, 2.05) is 34.6 Å². The topological polar surface area (TPSA) is 92.4 Å². The molecule has 0 bridgehead atoms. The van der Waals surface area contributed by atoms with E-state index < -0.39 is 24.0 Å². The van der Waals surface area contributed by atoms with Crippen LogP contribution in [-0.4, -0.2) is 29.1 Å². The molecule has 0 radical (unpaired) electrons. The van der Waals surface area contributed by atoms with Gasteiger partial charge in [0.1, 0.15) is 6.04 Å². The van der Waals surface area contributed by atoms with E-state index in [9.17, 15) is 9.59 Å². The minimum absolute atomic E-state index is 0.197. The van der Waals surface area contributed by atoms with Crippen molar-refractivity contribution in [2.24, 2.45) is 17.1 Å². The fourth-order valence-electron chi connectivity index (χ4n) is 1.35.